The van der Waals surface area contributed by atoms with Crippen LogP contribution in [0.25, 0.3) is 11.0 Å². The zero-order chi connectivity index (χ0) is 25.9. The monoisotopic (exact) mass is 514 g/mol. The summed E-state index contributed by atoms with van der Waals surface area (Å²) in [5.74, 6) is -2.46. The maximum atomic E-state index is 14.6. The first-order valence-corrected chi connectivity index (χ1v) is 12.4. The first kappa shape index (κ1) is 25.1. The maximum absolute atomic E-state index is 14.6. The normalized spacial score (nSPS) is 11.8. The minimum atomic E-state index is -4.47. The zero-order valence-electron chi connectivity index (χ0n) is 19.7. The molecule has 11 heteroatoms. The number of alkyl halides is 2. The molecule has 0 radical (unpaired) electrons. The van der Waals surface area contributed by atoms with Gasteiger partial charge >= 0.3 is 0 Å². The molecule has 0 amide bonds. The Hall–Kier alpha value is -3.99. The van der Waals surface area contributed by atoms with Crippen LogP contribution in [0.15, 0.2) is 71.6 Å². The van der Waals surface area contributed by atoms with Crippen molar-refractivity contribution < 1.29 is 26.7 Å². The lowest BCUT2D eigenvalue weighted by Gasteiger charge is -2.19. The van der Waals surface area contributed by atoms with E-state index in [0.29, 0.717) is 28.2 Å². The first-order valence-electron chi connectivity index (χ1n) is 10.9. The maximum Gasteiger partial charge on any atom is 0.274 e. The van der Waals surface area contributed by atoms with E-state index in [9.17, 15) is 17.2 Å². The second-order valence-electron chi connectivity index (χ2n) is 7.80. The molecule has 4 aromatic rings. The molecule has 8 nitrogen and oxygen atoms in total. The zero-order valence-corrected chi connectivity index (χ0v) is 20.6. The van der Waals surface area contributed by atoms with Crippen LogP contribution >= 0.6 is 0 Å². The highest BCUT2D eigenvalue weighted by atomic mass is 32.2. The van der Waals surface area contributed by atoms with Crippen molar-refractivity contribution in [3.63, 3.8) is 0 Å². The molecule has 1 aromatic heterocycles. The van der Waals surface area contributed by atoms with Crippen LogP contribution in [0, 0.1) is 0 Å². The van der Waals surface area contributed by atoms with Gasteiger partial charge in [-0.2, -0.15) is 0 Å². The number of nitrogens with one attached hydrogen (secondary N) is 2. The molecule has 2 N–H and O–H groups in total. The van der Waals surface area contributed by atoms with Gasteiger partial charge in [0.1, 0.15) is 11.5 Å². The van der Waals surface area contributed by atoms with Crippen LogP contribution in [-0.2, 0) is 15.9 Å². The van der Waals surface area contributed by atoms with Crippen molar-refractivity contribution in [1.29, 1.82) is 0 Å². The number of nitrogens with zero attached hydrogens (tertiary/aromatic N) is 2. The number of benzene rings is 3. The molecular formula is C25H24F2N4O4S. The van der Waals surface area contributed by atoms with E-state index in [2.05, 4.69) is 20.0 Å². The van der Waals surface area contributed by atoms with Crippen LogP contribution in [-0.4, -0.2) is 32.6 Å². The molecule has 0 saturated carbocycles. The highest BCUT2D eigenvalue weighted by Crippen LogP contribution is 2.37. The Bertz CT molecular complexity index is 1490. The van der Waals surface area contributed by atoms with Crippen LogP contribution in [0.2, 0.25) is 0 Å². The third-order valence-corrected chi connectivity index (χ3v) is 6.83. The number of anilines is 3. The third kappa shape index (κ3) is 5.15. The lowest BCUT2D eigenvalue weighted by atomic mass is 10.1. The number of hydrogen-bond acceptors (Lipinski definition) is 7. The summed E-state index contributed by atoms with van der Waals surface area (Å²) in [6.07, 6.45) is -0.556. The predicted octanol–water partition coefficient (Wildman–Crippen LogP) is 5.69. The fourth-order valence-corrected chi connectivity index (χ4v) is 4.82. The van der Waals surface area contributed by atoms with Gasteiger partial charge < -0.3 is 14.8 Å². The number of fused-ring (bicyclic) bond motifs is 1. The molecule has 0 atom stereocenters. The van der Waals surface area contributed by atoms with Gasteiger partial charge in [-0.15, -0.1) is 0 Å². The van der Waals surface area contributed by atoms with E-state index >= 15 is 0 Å². The molecule has 0 saturated heterocycles. The molecule has 0 aliphatic rings. The van der Waals surface area contributed by atoms with E-state index in [4.69, 9.17) is 9.47 Å². The Kier molecular flexibility index (Phi) is 6.93. The first-order chi connectivity index (χ1) is 17.2. The summed E-state index contributed by atoms with van der Waals surface area (Å²) in [4.78, 5) is 8.39. The van der Waals surface area contributed by atoms with Gasteiger partial charge in [0.2, 0.25) is 0 Å². The molecular weight excluding hydrogens is 490 g/mol. The van der Waals surface area contributed by atoms with Gasteiger partial charge in [0.05, 0.1) is 30.1 Å². The van der Waals surface area contributed by atoms with Crippen molar-refractivity contribution in [3.8, 4) is 11.5 Å². The van der Waals surface area contributed by atoms with Crippen molar-refractivity contribution in [2.45, 2.75) is 24.2 Å². The van der Waals surface area contributed by atoms with Gasteiger partial charge in [-0.25, -0.2) is 27.2 Å². The van der Waals surface area contributed by atoms with Gasteiger partial charge in [-0.1, -0.05) is 37.3 Å². The average molecular weight is 515 g/mol. The Labute approximate surface area is 207 Å². The Morgan fingerprint density at radius 2 is 1.42 bits per heavy atom. The number of rotatable bonds is 9. The molecule has 0 spiro atoms. The van der Waals surface area contributed by atoms with Gasteiger partial charge in [-0.3, -0.25) is 4.72 Å². The average Bonchev–Trinajstić information content (AvgIpc) is 2.88. The van der Waals surface area contributed by atoms with Crippen LogP contribution in [0.4, 0.5) is 26.1 Å². The summed E-state index contributed by atoms with van der Waals surface area (Å²) < 4.78 is 68.8. The molecule has 1 heterocycles. The second kappa shape index (κ2) is 9.94. The van der Waals surface area contributed by atoms with Crippen molar-refractivity contribution >= 4 is 38.4 Å². The second-order valence-corrected chi connectivity index (χ2v) is 9.45. The smallest absolute Gasteiger partial charge is 0.274 e. The number of aromatic nitrogens is 2. The Morgan fingerprint density at radius 3 is 2.00 bits per heavy atom. The standard InChI is InChI=1S/C25H24F2N4O4S/c1-4-25(26,27)19-9-5-8-12-22(19)36(32,33)31-24-23(29-20-10-6-7-11-21(20)30-24)28-16-13-17(34-2)15-18(14-16)35-3/h5-15H,4H2,1-3H3,(H,28,29)(H,30,31). The minimum absolute atomic E-state index is 0.0623. The molecule has 0 fully saturated rings. The highest BCUT2D eigenvalue weighted by Gasteiger charge is 2.35. The van der Waals surface area contributed by atoms with Crippen LogP contribution < -0.4 is 19.5 Å². The fourth-order valence-electron chi connectivity index (χ4n) is 3.55. The largest absolute Gasteiger partial charge is 0.497 e. The SMILES string of the molecule is CCC(F)(F)c1ccccc1S(=O)(=O)Nc1nc2ccccc2nc1Nc1cc(OC)cc(OC)c1. The van der Waals surface area contributed by atoms with E-state index in [1.54, 1.807) is 42.5 Å². The van der Waals surface area contributed by atoms with E-state index < -0.39 is 32.8 Å². The lowest BCUT2D eigenvalue weighted by Crippen LogP contribution is -2.22. The van der Waals surface area contributed by atoms with Crippen molar-refractivity contribution in [3.05, 3.63) is 72.3 Å². The summed E-state index contributed by atoms with van der Waals surface area (Å²) in [5.41, 5.74) is 0.793. The molecule has 0 aliphatic heterocycles. The van der Waals surface area contributed by atoms with Gasteiger partial charge in [0, 0.05) is 35.9 Å². The summed E-state index contributed by atoms with van der Waals surface area (Å²) >= 11 is 0. The number of sulfonamides is 1. The molecule has 188 valence electrons. The van der Waals surface area contributed by atoms with Crippen molar-refractivity contribution in [1.82, 2.24) is 9.97 Å². The molecule has 0 unspecified atom stereocenters. The molecule has 36 heavy (non-hydrogen) atoms. The molecule has 0 bridgehead atoms. The fraction of sp³-hybridized carbons (Fsp3) is 0.200. The number of ether oxygens (including phenoxy) is 2. The Morgan fingerprint density at radius 1 is 0.861 bits per heavy atom. The van der Waals surface area contributed by atoms with Gasteiger partial charge in [0.25, 0.3) is 15.9 Å². The predicted molar refractivity (Wildman–Crippen MR) is 134 cm³/mol. The topological polar surface area (TPSA) is 102 Å². The summed E-state index contributed by atoms with van der Waals surface area (Å²) in [5, 5.41) is 3.04. The Balaban J connectivity index is 1.82. The quantitative estimate of drug-likeness (QED) is 0.296. The summed E-state index contributed by atoms with van der Waals surface area (Å²) in [6, 6.07) is 16.9. The van der Waals surface area contributed by atoms with Crippen LogP contribution in [0.1, 0.15) is 18.9 Å². The minimum Gasteiger partial charge on any atom is -0.497 e. The number of para-hydroxylation sites is 2. The molecule has 4 rings (SSSR count). The van der Waals surface area contributed by atoms with Crippen LogP contribution in [0.3, 0.4) is 0 Å². The molecule has 3 aromatic carbocycles. The van der Waals surface area contributed by atoms with Crippen LogP contribution in [0.5, 0.6) is 11.5 Å². The third-order valence-electron chi connectivity index (χ3n) is 5.43. The summed E-state index contributed by atoms with van der Waals surface area (Å²) in [7, 11) is -1.47. The lowest BCUT2D eigenvalue weighted by molar-refractivity contribution is -0.0111. The van der Waals surface area contributed by atoms with E-state index in [-0.39, 0.29) is 11.6 Å². The summed E-state index contributed by atoms with van der Waals surface area (Å²) in [6.45, 7) is 1.29. The van der Waals surface area contributed by atoms with Crippen molar-refractivity contribution in [2.75, 3.05) is 24.3 Å². The van der Waals surface area contributed by atoms with Gasteiger partial charge in [-0.05, 0) is 18.2 Å². The molecule has 0 aliphatic carbocycles. The van der Waals surface area contributed by atoms with E-state index in [0.717, 1.165) is 12.1 Å². The van der Waals surface area contributed by atoms with Gasteiger partial charge in [0.15, 0.2) is 11.6 Å². The number of methoxy groups -OCH3 is 2. The number of halogens is 2. The van der Waals surface area contributed by atoms with Crippen molar-refractivity contribution in [2.24, 2.45) is 0 Å². The number of hydrogen-bond donors (Lipinski definition) is 2. The van der Waals surface area contributed by atoms with E-state index in [1.807, 2.05) is 0 Å². The van der Waals surface area contributed by atoms with E-state index in [1.165, 1.54) is 33.3 Å². The highest BCUT2D eigenvalue weighted by molar-refractivity contribution is 7.92.